The number of carbonyl (C=O) groups is 7. The van der Waals surface area contributed by atoms with E-state index in [0.717, 1.165) is 0 Å². The summed E-state index contributed by atoms with van der Waals surface area (Å²) in [6, 6.07) is 16.2. The highest BCUT2D eigenvalue weighted by atomic mass is 32.2. The number of aromatic nitrogens is 2. The normalized spacial score (nSPS) is 10.2. The maximum Gasteiger partial charge on any atom is 0.318 e. The van der Waals surface area contributed by atoms with Crippen LogP contribution in [0.5, 0.6) is 0 Å². The molecule has 0 radical (unpaired) electrons. The predicted octanol–water partition coefficient (Wildman–Crippen LogP) is 5.13. The molecule has 0 atom stereocenters. The molecule has 0 saturated carbocycles. The van der Waals surface area contributed by atoms with Gasteiger partial charge >= 0.3 is 6.03 Å². The molecule has 2 aromatic carbocycles. The Morgan fingerprint density at radius 3 is 1.38 bits per heavy atom. The van der Waals surface area contributed by atoms with Crippen molar-refractivity contribution in [2.24, 2.45) is 13.7 Å². The molecule has 4 rings (SSSR count). The Morgan fingerprint density at radius 2 is 1.03 bits per heavy atom. The molecule has 0 saturated heterocycles. The van der Waals surface area contributed by atoms with Gasteiger partial charge in [-0.25, -0.2) is 33.0 Å². The minimum absolute atomic E-state index is 0.00440. The molecule has 0 bridgehead atoms. The summed E-state index contributed by atoms with van der Waals surface area (Å²) in [7, 11) is -4.33. The van der Waals surface area contributed by atoms with E-state index in [-0.39, 0.29) is 106 Å². The monoisotopic (exact) mass is 1030 g/mol. The number of alkyl halides is 1. The number of amides is 4. The third kappa shape index (κ3) is 24.4. The lowest BCUT2D eigenvalue weighted by atomic mass is 10.1. The first-order chi connectivity index (χ1) is 34.4. The fraction of sp³-hybridized carbons (Fsp3) is 0.306. The van der Waals surface area contributed by atoms with Crippen molar-refractivity contribution >= 4 is 89.5 Å². The molecule has 20 nitrogen and oxygen atoms in total. The summed E-state index contributed by atoms with van der Waals surface area (Å²) < 4.78 is 49.5. The van der Waals surface area contributed by atoms with Gasteiger partial charge in [-0.05, 0) is 76.2 Å². The number of isocyanates is 1. The van der Waals surface area contributed by atoms with Crippen LogP contribution in [0.1, 0.15) is 97.7 Å². The SMILES string of the molecule is CC(=O)CCS(=O)(CCC(C)=O)=NC(=O)c1cnc(N)c(C#Cc2cccc(N)c2)c1.CN=C=O.CNC(=O)Nc1cccc(C#Cc2cc(C(=O)N=S(=O)(CCC(C)=O)CCC(C)=O)cnc2N)c1.[2H]CF. The van der Waals surface area contributed by atoms with Crippen molar-refractivity contribution in [3.8, 4) is 23.7 Å². The van der Waals surface area contributed by atoms with E-state index in [0.29, 0.717) is 28.1 Å². The Labute approximate surface area is 419 Å². The van der Waals surface area contributed by atoms with Crippen LogP contribution >= 0.6 is 0 Å². The number of anilines is 4. The first-order valence-corrected chi connectivity index (χ1v) is 24.9. The van der Waals surface area contributed by atoms with Gasteiger partial charge in [0.15, 0.2) is 0 Å². The van der Waals surface area contributed by atoms with Crippen molar-refractivity contribution < 1.29 is 52.5 Å². The number of aliphatic imine (C=N–C) groups is 1. The number of nitrogens with two attached hydrogens (primary N) is 3. The van der Waals surface area contributed by atoms with Crippen molar-refractivity contribution in [2.45, 2.75) is 53.4 Å². The number of hydrogen-bond donors (Lipinski definition) is 5. The van der Waals surface area contributed by atoms with Gasteiger partial charge in [0.2, 0.25) is 6.08 Å². The van der Waals surface area contributed by atoms with Gasteiger partial charge in [-0.1, -0.05) is 35.8 Å². The van der Waals surface area contributed by atoms with E-state index in [1.54, 1.807) is 48.5 Å². The number of urea groups is 1. The van der Waals surface area contributed by atoms with E-state index in [1.807, 2.05) is 0 Å². The molecular weight excluding hydrogens is 972 g/mol. The standard InChI is InChI=1S/C24H27N5O5S.C22H24N4O4S.C2H3NO.CH3F/c1-16(30)9-11-35(34,12-10-17(2)31)29-23(32)20-14-19(22(25)27-15-20)8-7-18-5-4-6-21(13-18)28-24(33)26-3;1-15(27)8-10-31(30,11-9-16(2)28)26-22(29)19-13-18(21(24)25-14-19)7-6-17-4-3-5-20(23)12-17;1-3-2-4;1-2/h4-6,13-15H,9-12H2,1-3H3,(H2,25,27)(H2,26,28,33);3-5,12-14H,8-11,23H2,1-2H3,(H2,24,25);1H3;1H3/i;;;1D. The first-order valence-electron chi connectivity index (χ1n) is 21.9. The second-order valence-electron chi connectivity index (χ2n) is 15.0. The molecule has 2 aromatic heterocycles. The molecule has 8 N–H and O–H groups in total. The third-order valence-electron chi connectivity index (χ3n) is 8.93. The zero-order valence-corrected chi connectivity index (χ0v) is 42.2. The number of ketones is 4. The highest BCUT2D eigenvalue weighted by Crippen LogP contribution is 2.17. The Hall–Kier alpha value is -8.24. The van der Waals surface area contributed by atoms with Crippen molar-refractivity contribution in [1.29, 1.82) is 0 Å². The minimum atomic E-state index is -3.12. The lowest BCUT2D eigenvalue weighted by molar-refractivity contribution is -0.117. The molecule has 72 heavy (non-hydrogen) atoms. The van der Waals surface area contributed by atoms with Gasteiger partial charge in [0.05, 0.1) is 50.2 Å². The number of benzene rings is 2. The summed E-state index contributed by atoms with van der Waals surface area (Å²) in [6.07, 6.45) is 3.71. The van der Waals surface area contributed by atoms with Crippen molar-refractivity contribution in [3.05, 3.63) is 106 Å². The maximum absolute atomic E-state index is 13.2. The van der Waals surface area contributed by atoms with Crippen LogP contribution in [0.4, 0.5) is 32.2 Å². The lowest BCUT2D eigenvalue weighted by Gasteiger charge is -2.08. The highest BCUT2D eigenvalue weighted by molar-refractivity contribution is 7.94. The number of Topliss-reactive ketones (excluding diaryl/α,β-unsaturated/α-hetero) is 4. The Morgan fingerprint density at radius 1 is 0.653 bits per heavy atom. The fourth-order valence-corrected chi connectivity index (χ4v) is 9.17. The van der Waals surface area contributed by atoms with Crippen LogP contribution in [0.2, 0.25) is 0 Å². The number of pyridine rings is 2. The maximum atomic E-state index is 13.2. The zero-order valence-electron chi connectivity index (χ0n) is 41.5. The first kappa shape index (κ1) is 59.9. The van der Waals surface area contributed by atoms with E-state index in [2.05, 4.69) is 58.0 Å². The summed E-state index contributed by atoms with van der Waals surface area (Å²) >= 11 is 0. The molecule has 0 aliphatic carbocycles. The molecule has 0 spiro atoms. The molecule has 0 fully saturated rings. The predicted molar refractivity (Wildman–Crippen MR) is 276 cm³/mol. The smallest absolute Gasteiger partial charge is 0.318 e. The molecule has 2 heterocycles. The molecule has 382 valence electrons. The van der Waals surface area contributed by atoms with E-state index >= 15 is 0 Å². The summed E-state index contributed by atoms with van der Waals surface area (Å²) in [5.74, 6) is 8.99. The summed E-state index contributed by atoms with van der Waals surface area (Å²) in [4.78, 5) is 102. The molecule has 23 heteroatoms. The number of halogens is 1. The third-order valence-corrected chi connectivity index (χ3v) is 13.3. The van der Waals surface area contributed by atoms with E-state index < -0.39 is 38.4 Å². The molecular formula is C49H57FN10O10S2. The van der Waals surface area contributed by atoms with Gasteiger partial charge in [-0.2, -0.15) is 8.73 Å². The van der Waals surface area contributed by atoms with Crippen molar-refractivity contribution in [2.75, 3.05) is 66.8 Å². The fourth-order valence-electron chi connectivity index (χ4n) is 5.16. The number of nitrogen functional groups attached to an aromatic ring is 3. The second kappa shape index (κ2) is 31.8. The quantitative estimate of drug-likeness (QED) is 0.0446. The average Bonchev–Trinajstić information content (AvgIpc) is 3.34. The average molecular weight is 1030 g/mol. The minimum Gasteiger partial charge on any atom is -0.399 e. The van der Waals surface area contributed by atoms with Crippen LogP contribution in [0.25, 0.3) is 0 Å². The van der Waals surface area contributed by atoms with E-state index in [4.69, 9.17) is 23.4 Å². The van der Waals surface area contributed by atoms with Crippen molar-refractivity contribution in [3.63, 3.8) is 0 Å². The van der Waals surface area contributed by atoms with Gasteiger partial charge in [0.25, 0.3) is 11.8 Å². The van der Waals surface area contributed by atoms with Crippen LogP contribution in [0, 0.1) is 23.7 Å². The summed E-state index contributed by atoms with van der Waals surface area (Å²) in [5, 5.41) is 5.09. The van der Waals surface area contributed by atoms with Crippen LogP contribution in [-0.2, 0) is 43.4 Å². The molecule has 0 aliphatic heterocycles. The number of hydrogen-bond acceptors (Lipinski definition) is 16. The Bertz CT molecular complexity index is 3060. The molecule has 0 unspecified atom stereocenters. The Kier molecular flexibility index (Phi) is 26.5. The summed E-state index contributed by atoms with van der Waals surface area (Å²) in [5.41, 5.74) is 20.5. The van der Waals surface area contributed by atoms with Gasteiger partial charge in [0.1, 0.15) is 34.8 Å². The topological polar surface area (TPSA) is 336 Å². The van der Waals surface area contributed by atoms with E-state index in [1.165, 1.54) is 72.4 Å². The number of nitrogens with zero attached hydrogens (tertiary/aromatic N) is 5. The zero-order chi connectivity index (χ0) is 55.1. The van der Waals surface area contributed by atoms with Gasteiger partial charge in [-0.15, -0.1) is 0 Å². The highest BCUT2D eigenvalue weighted by Gasteiger charge is 2.19. The Balaban J connectivity index is 0.000000650. The van der Waals surface area contributed by atoms with Gasteiger partial charge in [-0.3, -0.25) is 33.2 Å². The van der Waals surface area contributed by atoms with Crippen LogP contribution in [0.15, 0.2) is 86.8 Å². The number of rotatable bonds is 15. The second-order valence-corrected chi connectivity index (χ2v) is 20.1. The number of carbonyl (C=O) groups excluding carboxylic acids is 8. The van der Waals surface area contributed by atoms with Crippen LogP contribution < -0.4 is 27.8 Å². The van der Waals surface area contributed by atoms with Crippen LogP contribution in [0.3, 0.4) is 0 Å². The van der Waals surface area contributed by atoms with Crippen molar-refractivity contribution in [1.82, 2.24) is 15.3 Å². The van der Waals surface area contributed by atoms with Gasteiger partial charge in [0, 0.05) is 97.7 Å². The van der Waals surface area contributed by atoms with E-state index in [9.17, 15) is 46.4 Å². The molecule has 4 amide bonds. The van der Waals surface area contributed by atoms with Crippen LogP contribution in [-0.4, -0.2) is 110 Å². The summed E-state index contributed by atoms with van der Waals surface area (Å²) in [6.45, 7) is 5.43. The molecule has 0 aliphatic rings. The lowest BCUT2D eigenvalue weighted by Crippen LogP contribution is -2.24. The number of nitrogens with one attached hydrogen (secondary N) is 2. The molecule has 4 aromatic rings. The largest absolute Gasteiger partial charge is 0.399 e. The van der Waals surface area contributed by atoms with Gasteiger partial charge < -0.3 is 27.8 Å².